The molecule has 0 bridgehead atoms. The molecular formula is C13H20N4O. The van der Waals surface area contributed by atoms with Crippen LogP contribution in [-0.2, 0) is 0 Å². The highest BCUT2D eigenvalue weighted by Gasteiger charge is 2.21. The molecule has 1 N–H and O–H groups in total. The summed E-state index contributed by atoms with van der Waals surface area (Å²) in [6.45, 7) is 6.29. The zero-order valence-corrected chi connectivity index (χ0v) is 11.1. The van der Waals surface area contributed by atoms with E-state index in [-0.39, 0.29) is 5.91 Å². The number of aromatic nitrogens is 2. The number of rotatable bonds is 3. The lowest BCUT2D eigenvalue weighted by Gasteiger charge is -2.28. The van der Waals surface area contributed by atoms with Gasteiger partial charge in [0.25, 0.3) is 5.91 Å². The van der Waals surface area contributed by atoms with Gasteiger partial charge in [0.1, 0.15) is 0 Å². The van der Waals surface area contributed by atoms with Crippen molar-refractivity contribution in [3.8, 4) is 0 Å². The molecule has 5 nitrogen and oxygen atoms in total. The maximum absolute atomic E-state index is 12.0. The van der Waals surface area contributed by atoms with Crippen molar-refractivity contribution >= 4 is 11.7 Å². The molecule has 0 atom stereocenters. The third-order valence-corrected chi connectivity index (χ3v) is 3.08. The molecule has 0 unspecified atom stereocenters. The molecule has 2 rings (SSSR count). The molecule has 0 aliphatic carbocycles. The van der Waals surface area contributed by atoms with Crippen molar-refractivity contribution in [2.24, 2.45) is 0 Å². The Kier molecular flexibility index (Phi) is 4.12. The number of hydrogen-bond acceptors (Lipinski definition) is 4. The van der Waals surface area contributed by atoms with E-state index in [9.17, 15) is 4.79 Å². The molecule has 18 heavy (non-hydrogen) atoms. The van der Waals surface area contributed by atoms with Crippen LogP contribution in [0.4, 0.5) is 5.82 Å². The summed E-state index contributed by atoms with van der Waals surface area (Å²) in [6, 6.07) is 0. The lowest BCUT2D eigenvalue weighted by Crippen LogP contribution is -2.34. The molecule has 1 aromatic rings. The van der Waals surface area contributed by atoms with Gasteiger partial charge in [-0.2, -0.15) is 0 Å². The molecule has 1 aromatic heterocycles. The van der Waals surface area contributed by atoms with Gasteiger partial charge in [0.2, 0.25) is 0 Å². The Morgan fingerprint density at radius 3 is 2.78 bits per heavy atom. The quantitative estimate of drug-likeness (QED) is 0.881. The number of nitrogens with zero attached hydrogens (tertiary/aromatic N) is 3. The Hall–Kier alpha value is -1.65. The Bertz CT molecular complexity index is 427. The van der Waals surface area contributed by atoms with E-state index in [4.69, 9.17) is 0 Å². The van der Waals surface area contributed by atoms with E-state index >= 15 is 0 Å². The van der Waals surface area contributed by atoms with Crippen LogP contribution in [0.1, 0.15) is 42.4 Å². The van der Waals surface area contributed by atoms with Crippen LogP contribution in [0.2, 0.25) is 0 Å². The fourth-order valence-electron chi connectivity index (χ4n) is 2.20. The van der Waals surface area contributed by atoms with Gasteiger partial charge in [-0.3, -0.25) is 4.79 Å². The van der Waals surface area contributed by atoms with E-state index in [1.54, 1.807) is 6.20 Å². The second-order valence-electron chi connectivity index (χ2n) is 4.59. The van der Waals surface area contributed by atoms with Gasteiger partial charge in [-0.05, 0) is 33.1 Å². The van der Waals surface area contributed by atoms with Crippen LogP contribution in [0.15, 0.2) is 6.20 Å². The molecule has 0 saturated carbocycles. The average Bonchev–Trinajstić information content (AvgIpc) is 2.40. The summed E-state index contributed by atoms with van der Waals surface area (Å²) < 4.78 is 0. The predicted molar refractivity (Wildman–Crippen MR) is 70.8 cm³/mol. The van der Waals surface area contributed by atoms with E-state index in [1.165, 1.54) is 6.42 Å². The number of hydrogen-bond donors (Lipinski definition) is 1. The van der Waals surface area contributed by atoms with Gasteiger partial charge in [-0.15, -0.1) is 0 Å². The van der Waals surface area contributed by atoms with Crippen LogP contribution in [0.25, 0.3) is 0 Å². The number of piperidine rings is 1. The minimum absolute atomic E-state index is 0.130. The Labute approximate surface area is 108 Å². The number of anilines is 1. The molecule has 1 fully saturated rings. The number of carbonyl (C=O) groups excluding carboxylic acids is 1. The number of aryl methyl sites for hydroxylation is 1. The highest BCUT2D eigenvalue weighted by atomic mass is 16.1. The normalized spacial score (nSPS) is 15.6. The van der Waals surface area contributed by atoms with Crippen LogP contribution in [-0.4, -0.2) is 35.5 Å². The third kappa shape index (κ3) is 2.78. The fourth-order valence-corrected chi connectivity index (χ4v) is 2.20. The predicted octanol–water partition coefficient (Wildman–Crippen LogP) is 1.53. The highest BCUT2D eigenvalue weighted by Crippen LogP contribution is 2.20. The van der Waals surface area contributed by atoms with E-state index in [0.29, 0.717) is 12.2 Å². The summed E-state index contributed by atoms with van der Waals surface area (Å²) >= 11 is 0. The van der Waals surface area contributed by atoms with E-state index < -0.39 is 0 Å². The molecule has 0 radical (unpaired) electrons. The van der Waals surface area contributed by atoms with Crippen molar-refractivity contribution in [1.82, 2.24) is 15.3 Å². The van der Waals surface area contributed by atoms with Gasteiger partial charge < -0.3 is 10.2 Å². The smallest absolute Gasteiger partial charge is 0.273 e. The lowest BCUT2D eigenvalue weighted by molar-refractivity contribution is 0.0950. The van der Waals surface area contributed by atoms with Gasteiger partial charge in [-0.1, -0.05) is 0 Å². The molecule has 1 aliphatic rings. The lowest BCUT2D eigenvalue weighted by atomic mass is 10.1. The molecule has 0 aromatic carbocycles. The van der Waals surface area contributed by atoms with E-state index in [0.717, 1.165) is 37.4 Å². The average molecular weight is 248 g/mol. The molecule has 0 spiro atoms. The monoisotopic (exact) mass is 248 g/mol. The van der Waals surface area contributed by atoms with E-state index in [1.807, 2.05) is 13.8 Å². The number of amides is 1. The first-order valence-electron chi connectivity index (χ1n) is 6.59. The number of carbonyl (C=O) groups is 1. The summed E-state index contributed by atoms with van der Waals surface area (Å²) in [5, 5.41) is 2.80. The van der Waals surface area contributed by atoms with Gasteiger partial charge in [0.05, 0.1) is 11.9 Å². The van der Waals surface area contributed by atoms with Crippen molar-refractivity contribution in [1.29, 1.82) is 0 Å². The first kappa shape index (κ1) is 12.8. The van der Waals surface area contributed by atoms with Crippen LogP contribution >= 0.6 is 0 Å². The minimum atomic E-state index is -0.130. The summed E-state index contributed by atoms with van der Waals surface area (Å²) in [5.41, 5.74) is 1.23. The molecule has 1 saturated heterocycles. The van der Waals surface area contributed by atoms with Crippen molar-refractivity contribution in [2.75, 3.05) is 24.5 Å². The van der Waals surface area contributed by atoms with Crippen LogP contribution in [0, 0.1) is 6.92 Å². The Morgan fingerprint density at radius 1 is 1.39 bits per heavy atom. The highest BCUT2D eigenvalue weighted by molar-refractivity contribution is 5.96. The summed E-state index contributed by atoms with van der Waals surface area (Å²) in [4.78, 5) is 22.9. The zero-order valence-electron chi connectivity index (χ0n) is 11.1. The SMILES string of the molecule is CCNC(=O)c1nc(C)cnc1N1CCCCC1. The maximum Gasteiger partial charge on any atom is 0.273 e. The van der Waals surface area contributed by atoms with Gasteiger partial charge in [0.15, 0.2) is 11.5 Å². The Morgan fingerprint density at radius 2 is 2.11 bits per heavy atom. The molecule has 1 aliphatic heterocycles. The minimum Gasteiger partial charge on any atom is -0.355 e. The van der Waals surface area contributed by atoms with Crippen molar-refractivity contribution < 1.29 is 4.79 Å². The van der Waals surface area contributed by atoms with Crippen molar-refractivity contribution in [3.05, 3.63) is 17.6 Å². The zero-order chi connectivity index (χ0) is 13.0. The van der Waals surface area contributed by atoms with Crippen molar-refractivity contribution in [3.63, 3.8) is 0 Å². The summed E-state index contributed by atoms with van der Waals surface area (Å²) in [5.74, 6) is 0.598. The first-order chi connectivity index (χ1) is 8.72. The van der Waals surface area contributed by atoms with Crippen LogP contribution in [0.5, 0.6) is 0 Å². The van der Waals surface area contributed by atoms with Crippen LogP contribution in [0.3, 0.4) is 0 Å². The van der Waals surface area contributed by atoms with Gasteiger partial charge in [-0.25, -0.2) is 9.97 Å². The van der Waals surface area contributed by atoms with Gasteiger partial charge >= 0.3 is 0 Å². The maximum atomic E-state index is 12.0. The summed E-state index contributed by atoms with van der Waals surface area (Å²) in [7, 11) is 0. The molecule has 98 valence electrons. The largest absolute Gasteiger partial charge is 0.355 e. The fraction of sp³-hybridized carbons (Fsp3) is 0.615. The molecule has 5 heteroatoms. The van der Waals surface area contributed by atoms with Gasteiger partial charge in [0, 0.05) is 19.6 Å². The standard InChI is InChI=1S/C13H20N4O/c1-3-14-13(18)11-12(15-9-10(2)16-11)17-7-5-4-6-8-17/h9H,3-8H2,1-2H3,(H,14,18). The molecule has 1 amide bonds. The first-order valence-corrected chi connectivity index (χ1v) is 6.59. The number of nitrogens with one attached hydrogen (secondary N) is 1. The van der Waals surface area contributed by atoms with Crippen molar-refractivity contribution in [2.45, 2.75) is 33.1 Å². The third-order valence-electron chi connectivity index (χ3n) is 3.08. The Balaban J connectivity index is 2.30. The topological polar surface area (TPSA) is 58.1 Å². The summed E-state index contributed by atoms with van der Waals surface area (Å²) in [6.07, 6.45) is 5.30. The second kappa shape index (κ2) is 5.80. The molecular weight excluding hydrogens is 228 g/mol. The second-order valence-corrected chi connectivity index (χ2v) is 4.59. The molecule has 2 heterocycles. The van der Waals surface area contributed by atoms with Crippen LogP contribution < -0.4 is 10.2 Å². The van der Waals surface area contributed by atoms with E-state index in [2.05, 4.69) is 20.2 Å².